The maximum atomic E-state index is 11.6. The first kappa shape index (κ1) is 13.5. The second-order valence-corrected chi connectivity index (χ2v) is 5.13. The first-order valence-corrected chi connectivity index (χ1v) is 6.93. The fourth-order valence-electron chi connectivity index (χ4n) is 2.39. The lowest BCUT2D eigenvalue weighted by atomic mass is 10.1. The molecule has 0 saturated carbocycles. The Morgan fingerprint density at radius 3 is 2.95 bits per heavy atom. The number of amides is 1. The zero-order chi connectivity index (χ0) is 14.8. The summed E-state index contributed by atoms with van der Waals surface area (Å²) in [6.07, 6.45) is 3.55. The van der Waals surface area contributed by atoms with Gasteiger partial charge in [-0.15, -0.1) is 0 Å². The van der Waals surface area contributed by atoms with Gasteiger partial charge >= 0.3 is 6.09 Å². The fourth-order valence-corrected chi connectivity index (χ4v) is 2.39. The number of benzene rings is 1. The fraction of sp³-hybridized carbons (Fsp3) is 0.333. The first-order valence-electron chi connectivity index (χ1n) is 6.93. The number of aromatic nitrogens is 2. The average Bonchev–Trinajstić information content (AvgIpc) is 3.08. The molecule has 1 N–H and O–H groups in total. The molecule has 1 aromatic carbocycles. The largest absolute Gasteiger partial charge is 0.447 e. The maximum absolute atomic E-state index is 11.6. The van der Waals surface area contributed by atoms with Crippen molar-refractivity contribution >= 4 is 17.5 Å². The Kier molecular flexibility index (Phi) is 3.51. The number of hydrogen-bond donors (Lipinski definition) is 1. The van der Waals surface area contributed by atoms with Gasteiger partial charge in [-0.2, -0.15) is 5.10 Å². The topological polar surface area (TPSA) is 59.4 Å². The van der Waals surface area contributed by atoms with E-state index < -0.39 is 0 Å². The number of carbonyl (C=O) groups is 1. The predicted octanol–water partition coefficient (Wildman–Crippen LogP) is 2.55. The Balaban J connectivity index is 1.75. The Morgan fingerprint density at radius 1 is 1.43 bits per heavy atom. The molecule has 2 heterocycles. The van der Waals surface area contributed by atoms with E-state index in [1.165, 1.54) is 0 Å². The van der Waals surface area contributed by atoms with Crippen molar-refractivity contribution in [3.8, 4) is 0 Å². The van der Waals surface area contributed by atoms with E-state index >= 15 is 0 Å². The molecule has 0 aliphatic carbocycles. The van der Waals surface area contributed by atoms with Gasteiger partial charge in [0, 0.05) is 30.2 Å². The molecule has 1 amide bonds. The summed E-state index contributed by atoms with van der Waals surface area (Å²) in [5, 5.41) is 7.60. The van der Waals surface area contributed by atoms with Crippen LogP contribution in [-0.4, -0.2) is 29.0 Å². The Hall–Kier alpha value is -2.50. The molecule has 110 valence electrons. The zero-order valence-electron chi connectivity index (χ0n) is 12.1. The van der Waals surface area contributed by atoms with Crippen LogP contribution in [0, 0.1) is 0 Å². The number of cyclic esters (lactones) is 1. The third-order valence-corrected chi connectivity index (χ3v) is 3.53. The second kappa shape index (κ2) is 5.47. The molecule has 0 radical (unpaired) electrons. The molecule has 1 aliphatic rings. The molecular weight excluding hydrogens is 268 g/mol. The summed E-state index contributed by atoms with van der Waals surface area (Å²) in [6, 6.07) is 7.92. The van der Waals surface area contributed by atoms with Crippen molar-refractivity contribution < 1.29 is 9.53 Å². The van der Waals surface area contributed by atoms with Crippen LogP contribution >= 0.6 is 0 Å². The average molecular weight is 286 g/mol. The number of rotatable bonds is 4. The molecule has 0 spiro atoms. The van der Waals surface area contributed by atoms with Crippen molar-refractivity contribution in [2.75, 3.05) is 23.4 Å². The molecular formula is C15H18N4O2. The number of hydrogen-bond acceptors (Lipinski definition) is 4. The number of carbonyl (C=O) groups excluding carboxylic acids is 1. The molecule has 6 nitrogen and oxygen atoms in total. The van der Waals surface area contributed by atoms with E-state index in [9.17, 15) is 4.79 Å². The van der Waals surface area contributed by atoms with Gasteiger partial charge in [0.25, 0.3) is 0 Å². The standard InChI is InChI=1S/C15H18N4O2/c1-11(12-9-16-18(2)10-12)17-13-4-3-5-14(8-13)19-6-7-21-15(19)20/h3-5,8-11,17H,6-7H2,1-2H3. The van der Waals surface area contributed by atoms with Gasteiger partial charge in [0.1, 0.15) is 6.61 Å². The van der Waals surface area contributed by atoms with E-state index in [0.29, 0.717) is 13.2 Å². The van der Waals surface area contributed by atoms with Crippen LogP contribution in [0.25, 0.3) is 0 Å². The molecule has 1 saturated heterocycles. The van der Waals surface area contributed by atoms with Crippen LogP contribution < -0.4 is 10.2 Å². The summed E-state index contributed by atoms with van der Waals surface area (Å²) < 4.78 is 6.75. The van der Waals surface area contributed by atoms with E-state index in [1.54, 1.807) is 9.58 Å². The highest BCUT2D eigenvalue weighted by atomic mass is 16.6. The van der Waals surface area contributed by atoms with Gasteiger partial charge in [-0.3, -0.25) is 9.58 Å². The van der Waals surface area contributed by atoms with Crippen molar-refractivity contribution in [3.05, 3.63) is 42.2 Å². The smallest absolute Gasteiger partial charge is 0.414 e. The van der Waals surface area contributed by atoms with Gasteiger partial charge in [-0.25, -0.2) is 4.79 Å². The van der Waals surface area contributed by atoms with Crippen LogP contribution in [0.5, 0.6) is 0 Å². The van der Waals surface area contributed by atoms with E-state index in [4.69, 9.17) is 4.74 Å². The molecule has 2 aromatic rings. The van der Waals surface area contributed by atoms with Crippen LogP contribution in [0.1, 0.15) is 18.5 Å². The summed E-state index contributed by atoms with van der Waals surface area (Å²) >= 11 is 0. The van der Waals surface area contributed by atoms with Crippen molar-refractivity contribution in [2.24, 2.45) is 7.05 Å². The van der Waals surface area contributed by atoms with Gasteiger partial charge in [0.2, 0.25) is 0 Å². The Labute approximate surface area is 123 Å². The van der Waals surface area contributed by atoms with Crippen LogP contribution in [0.2, 0.25) is 0 Å². The second-order valence-electron chi connectivity index (χ2n) is 5.13. The van der Waals surface area contributed by atoms with Crippen molar-refractivity contribution in [1.29, 1.82) is 0 Å². The zero-order valence-corrected chi connectivity index (χ0v) is 12.1. The molecule has 1 aliphatic heterocycles. The Bertz CT molecular complexity index is 653. The van der Waals surface area contributed by atoms with Crippen LogP contribution in [0.15, 0.2) is 36.7 Å². The quantitative estimate of drug-likeness (QED) is 0.938. The van der Waals surface area contributed by atoms with Crippen molar-refractivity contribution in [2.45, 2.75) is 13.0 Å². The van der Waals surface area contributed by atoms with Crippen molar-refractivity contribution in [1.82, 2.24) is 9.78 Å². The van der Waals surface area contributed by atoms with Gasteiger partial charge < -0.3 is 10.1 Å². The summed E-state index contributed by atoms with van der Waals surface area (Å²) in [5.41, 5.74) is 2.92. The van der Waals surface area contributed by atoms with Gasteiger partial charge in [0.15, 0.2) is 0 Å². The lowest BCUT2D eigenvalue weighted by Gasteiger charge is -2.17. The Morgan fingerprint density at radius 2 is 2.29 bits per heavy atom. The highest BCUT2D eigenvalue weighted by Crippen LogP contribution is 2.25. The van der Waals surface area contributed by atoms with E-state index in [-0.39, 0.29) is 12.1 Å². The minimum absolute atomic E-state index is 0.138. The number of nitrogens with zero attached hydrogens (tertiary/aromatic N) is 3. The van der Waals surface area contributed by atoms with E-state index in [2.05, 4.69) is 17.3 Å². The summed E-state index contributed by atoms with van der Waals surface area (Å²) in [5.74, 6) is 0. The van der Waals surface area contributed by atoms with E-state index in [0.717, 1.165) is 16.9 Å². The van der Waals surface area contributed by atoms with Crippen molar-refractivity contribution in [3.63, 3.8) is 0 Å². The third kappa shape index (κ3) is 2.84. The van der Waals surface area contributed by atoms with Crippen LogP contribution in [0.3, 0.4) is 0 Å². The molecule has 6 heteroatoms. The molecule has 0 bridgehead atoms. The molecule has 3 rings (SSSR count). The number of anilines is 2. The van der Waals surface area contributed by atoms with Gasteiger partial charge in [-0.1, -0.05) is 6.07 Å². The molecule has 21 heavy (non-hydrogen) atoms. The third-order valence-electron chi connectivity index (χ3n) is 3.53. The summed E-state index contributed by atoms with van der Waals surface area (Å²) in [4.78, 5) is 13.2. The number of ether oxygens (including phenoxy) is 1. The summed E-state index contributed by atoms with van der Waals surface area (Å²) in [6.45, 7) is 3.12. The molecule has 1 aromatic heterocycles. The predicted molar refractivity (Wildman–Crippen MR) is 80.4 cm³/mol. The lowest BCUT2D eigenvalue weighted by molar-refractivity contribution is 0.181. The summed E-state index contributed by atoms with van der Waals surface area (Å²) in [7, 11) is 1.90. The maximum Gasteiger partial charge on any atom is 0.414 e. The molecule has 1 fully saturated rings. The lowest BCUT2D eigenvalue weighted by Crippen LogP contribution is -2.23. The molecule has 1 unspecified atom stereocenters. The van der Waals surface area contributed by atoms with Gasteiger partial charge in [-0.05, 0) is 25.1 Å². The van der Waals surface area contributed by atoms with Gasteiger partial charge in [0.05, 0.1) is 18.8 Å². The first-order chi connectivity index (χ1) is 10.1. The normalized spacial score (nSPS) is 15.9. The number of aryl methyl sites for hydroxylation is 1. The minimum atomic E-state index is -0.285. The SMILES string of the molecule is CC(Nc1cccc(N2CCOC2=O)c1)c1cnn(C)c1. The van der Waals surface area contributed by atoms with Crippen LogP contribution in [0.4, 0.5) is 16.2 Å². The highest BCUT2D eigenvalue weighted by molar-refractivity contribution is 5.89. The highest BCUT2D eigenvalue weighted by Gasteiger charge is 2.23. The minimum Gasteiger partial charge on any atom is -0.447 e. The number of nitrogens with one attached hydrogen (secondary N) is 1. The molecule has 1 atom stereocenters. The van der Waals surface area contributed by atoms with E-state index in [1.807, 2.05) is 43.7 Å². The monoisotopic (exact) mass is 286 g/mol. The van der Waals surface area contributed by atoms with Crippen LogP contribution in [-0.2, 0) is 11.8 Å².